The van der Waals surface area contributed by atoms with Crippen LogP contribution in [0.25, 0.3) is 0 Å². The van der Waals surface area contributed by atoms with Crippen LogP contribution in [0, 0.1) is 0 Å². The Morgan fingerprint density at radius 3 is 2.59 bits per heavy atom. The number of benzene rings is 1. The number of hydrogen-bond donors (Lipinski definition) is 1. The molecule has 1 unspecified atom stereocenters. The minimum atomic E-state index is 0. The summed E-state index contributed by atoms with van der Waals surface area (Å²) in [7, 11) is 1.88. The van der Waals surface area contributed by atoms with E-state index in [0.717, 1.165) is 17.9 Å². The molecule has 0 radical (unpaired) electrons. The van der Waals surface area contributed by atoms with Crippen LogP contribution >= 0.6 is 24.2 Å². The third kappa shape index (κ3) is 3.30. The lowest BCUT2D eigenvalue weighted by Gasteiger charge is -2.23. The summed E-state index contributed by atoms with van der Waals surface area (Å²) in [4.78, 5) is 14.0. The van der Waals surface area contributed by atoms with Gasteiger partial charge < -0.3 is 10.6 Å². The van der Waals surface area contributed by atoms with Crippen LogP contribution in [-0.2, 0) is 0 Å². The Balaban J connectivity index is 0.00000144. The fraction of sp³-hybridized carbons (Fsp3) is 0.417. The van der Waals surface area contributed by atoms with E-state index >= 15 is 0 Å². The monoisotopic (exact) mass is 272 g/mol. The third-order valence-electron chi connectivity index (χ3n) is 2.93. The highest BCUT2D eigenvalue weighted by Gasteiger charge is 2.24. The molecule has 0 bridgehead atoms. The molecule has 0 spiro atoms. The third-order valence-corrected chi connectivity index (χ3v) is 4.08. The predicted octanol–water partition coefficient (Wildman–Crippen LogP) is 2.27. The molecule has 5 heteroatoms. The number of anilines is 1. The largest absolute Gasteiger partial charge is 0.399 e. The molecular weight excluding hydrogens is 256 g/mol. The Morgan fingerprint density at radius 2 is 2.06 bits per heavy atom. The highest BCUT2D eigenvalue weighted by molar-refractivity contribution is 7.99. The van der Waals surface area contributed by atoms with Gasteiger partial charge in [-0.25, -0.2) is 0 Å². The maximum atomic E-state index is 12.1. The maximum Gasteiger partial charge on any atom is 0.253 e. The maximum absolute atomic E-state index is 12.1. The van der Waals surface area contributed by atoms with Gasteiger partial charge in [-0.05, 0) is 36.4 Å². The van der Waals surface area contributed by atoms with Crippen molar-refractivity contribution in [3.05, 3.63) is 29.8 Å². The molecule has 1 amide bonds. The van der Waals surface area contributed by atoms with E-state index in [-0.39, 0.29) is 18.3 Å². The number of hydrogen-bond acceptors (Lipinski definition) is 3. The van der Waals surface area contributed by atoms with E-state index in [9.17, 15) is 4.79 Å². The zero-order valence-corrected chi connectivity index (χ0v) is 11.4. The van der Waals surface area contributed by atoms with Crippen LogP contribution in [0.2, 0.25) is 0 Å². The molecular formula is C12H17ClN2OS. The van der Waals surface area contributed by atoms with Crippen molar-refractivity contribution in [3.63, 3.8) is 0 Å². The van der Waals surface area contributed by atoms with E-state index in [0.29, 0.717) is 17.3 Å². The molecule has 1 aliphatic heterocycles. The normalized spacial score (nSPS) is 18.5. The van der Waals surface area contributed by atoms with Crippen LogP contribution in [-0.4, -0.2) is 35.4 Å². The summed E-state index contributed by atoms with van der Waals surface area (Å²) in [5.74, 6) is 2.30. The van der Waals surface area contributed by atoms with E-state index in [1.54, 1.807) is 24.3 Å². The molecule has 2 rings (SSSR count). The van der Waals surface area contributed by atoms with Crippen molar-refractivity contribution in [2.45, 2.75) is 12.5 Å². The Labute approximate surface area is 112 Å². The van der Waals surface area contributed by atoms with Crippen molar-refractivity contribution in [3.8, 4) is 0 Å². The van der Waals surface area contributed by atoms with Gasteiger partial charge in [-0.3, -0.25) is 4.79 Å². The molecule has 1 aromatic rings. The van der Waals surface area contributed by atoms with E-state index in [1.165, 1.54) is 0 Å². The summed E-state index contributed by atoms with van der Waals surface area (Å²) in [6.07, 6.45) is 1.10. The van der Waals surface area contributed by atoms with Crippen LogP contribution in [0.4, 0.5) is 5.69 Å². The summed E-state index contributed by atoms with van der Waals surface area (Å²) in [6.45, 7) is 0. The zero-order valence-electron chi connectivity index (χ0n) is 9.76. The van der Waals surface area contributed by atoms with Crippen molar-refractivity contribution < 1.29 is 4.79 Å². The molecule has 1 aliphatic rings. The van der Waals surface area contributed by atoms with Gasteiger partial charge in [0.1, 0.15) is 0 Å². The highest BCUT2D eigenvalue weighted by Crippen LogP contribution is 2.22. The Bertz CT molecular complexity index is 377. The van der Waals surface area contributed by atoms with E-state index in [2.05, 4.69) is 0 Å². The number of rotatable bonds is 2. The lowest BCUT2D eigenvalue weighted by molar-refractivity contribution is 0.0748. The second-order valence-electron chi connectivity index (χ2n) is 4.06. The molecule has 0 aromatic heterocycles. The Morgan fingerprint density at radius 1 is 1.41 bits per heavy atom. The molecule has 1 heterocycles. The summed E-state index contributed by atoms with van der Waals surface area (Å²) in [5, 5.41) is 0. The van der Waals surface area contributed by atoms with Gasteiger partial charge in [0.2, 0.25) is 0 Å². The molecule has 2 N–H and O–H groups in total. The predicted molar refractivity (Wildman–Crippen MR) is 75.9 cm³/mol. The first-order valence-electron chi connectivity index (χ1n) is 5.39. The van der Waals surface area contributed by atoms with Crippen LogP contribution in [0.15, 0.2) is 24.3 Å². The summed E-state index contributed by atoms with van der Waals surface area (Å²) in [5.41, 5.74) is 7.00. The number of amides is 1. The van der Waals surface area contributed by atoms with Gasteiger partial charge in [0.15, 0.2) is 0 Å². The van der Waals surface area contributed by atoms with Crippen LogP contribution < -0.4 is 5.73 Å². The van der Waals surface area contributed by atoms with E-state index in [4.69, 9.17) is 5.73 Å². The van der Waals surface area contributed by atoms with Crippen molar-refractivity contribution in [2.24, 2.45) is 0 Å². The molecule has 3 nitrogen and oxygen atoms in total. The average molecular weight is 273 g/mol. The fourth-order valence-electron chi connectivity index (χ4n) is 1.82. The number of halogens is 1. The second-order valence-corrected chi connectivity index (χ2v) is 5.21. The SMILES string of the molecule is CN(C(=O)c1ccc(N)cc1)C1CCSC1.Cl. The van der Waals surface area contributed by atoms with Crippen molar-refractivity contribution >= 4 is 35.8 Å². The highest BCUT2D eigenvalue weighted by atomic mass is 35.5. The van der Waals surface area contributed by atoms with Gasteiger partial charge in [-0.1, -0.05) is 0 Å². The van der Waals surface area contributed by atoms with Crippen LogP contribution in [0.1, 0.15) is 16.8 Å². The number of carbonyl (C=O) groups excluding carboxylic acids is 1. The number of nitrogens with zero attached hydrogens (tertiary/aromatic N) is 1. The second kappa shape index (κ2) is 6.17. The molecule has 1 aromatic carbocycles. The minimum Gasteiger partial charge on any atom is -0.399 e. The quantitative estimate of drug-likeness (QED) is 0.840. The van der Waals surface area contributed by atoms with E-state index < -0.39 is 0 Å². The van der Waals surface area contributed by atoms with Gasteiger partial charge in [0, 0.05) is 30.1 Å². The molecule has 94 valence electrons. The van der Waals surface area contributed by atoms with Crippen molar-refractivity contribution in [1.29, 1.82) is 0 Å². The number of nitrogens with two attached hydrogens (primary N) is 1. The van der Waals surface area contributed by atoms with Gasteiger partial charge in [0.25, 0.3) is 5.91 Å². The molecule has 1 fully saturated rings. The molecule has 17 heavy (non-hydrogen) atoms. The smallest absolute Gasteiger partial charge is 0.253 e. The lowest BCUT2D eigenvalue weighted by atomic mass is 10.1. The minimum absolute atomic E-state index is 0. The van der Waals surface area contributed by atoms with Crippen LogP contribution in [0.5, 0.6) is 0 Å². The average Bonchev–Trinajstić information content (AvgIpc) is 2.81. The molecule has 0 saturated carbocycles. The van der Waals surface area contributed by atoms with Gasteiger partial charge in [-0.15, -0.1) is 12.4 Å². The van der Waals surface area contributed by atoms with Crippen molar-refractivity contribution in [1.82, 2.24) is 4.90 Å². The standard InChI is InChI=1S/C12H16N2OS.ClH/c1-14(11-6-7-16-8-11)12(15)9-2-4-10(13)5-3-9;/h2-5,11H,6-8,13H2,1H3;1H. The van der Waals surface area contributed by atoms with Gasteiger partial charge >= 0.3 is 0 Å². The molecule has 1 atom stereocenters. The lowest BCUT2D eigenvalue weighted by Crippen LogP contribution is -2.36. The van der Waals surface area contributed by atoms with Gasteiger partial charge in [-0.2, -0.15) is 11.8 Å². The Hall–Kier alpha value is -0.870. The van der Waals surface area contributed by atoms with Crippen LogP contribution in [0.3, 0.4) is 0 Å². The molecule has 0 aliphatic carbocycles. The van der Waals surface area contributed by atoms with Crippen molar-refractivity contribution in [2.75, 3.05) is 24.3 Å². The summed E-state index contributed by atoms with van der Waals surface area (Å²) in [6, 6.07) is 7.50. The fourth-order valence-corrected chi connectivity index (χ4v) is 3.09. The topological polar surface area (TPSA) is 46.3 Å². The van der Waals surface area contributed by atoms with Gasteiger partial charge in [0.05, 0.1) is 0 Å². The van der Waals surface area contributed by atoms with E-state index in [1.807, 2.05) is 23.7 Å². The zero-order chi connectivity index (χ0) is 11.5. The number of carbonyl (C=O) groups is 1. The first kappa shape index (κ1) is 14.2. The number of nitrogen functional groups attached to an aromatic ring is 1. The molecule has 1 saturated heterocycles. The number of thioether (sulfide) groups is 1. The first-order valence-corrected chi connectivity index (χ1v) is 6.54. The first-order chi connectivity index (χ1) is 7.68. The summed E-state index contributed by atoms with van der Waals surface area (Å²) >= 11 is 1.91. The Kier molecular flexibility index (Phi) is 5.15. The summed E-state index contributed by atoms with van der Waals surface area (Å²) < 4.78 is 0.